The van der Waals surface area contributed by atoms with Crippen LogP contribution in [0.4, 0.5) is 0 Å². The average Bonchev–Trinajstić information content (AvgIpc) is 2.78. The lowest BCUT2D eigenvalue weighted by Gasteiger charge is -2.09. The number of ketones is 1. The summed E-state index contributed by atoms with van der Waals surface area (Å²) in [6.07, 6.45) is 1.85. The average molecular weight is 451 g/mol. The topological polar surface area (TPSA) is 120 Å². The number of aromatic nitrogens is 2. The summed E-state index contributed by atoms with van der Waals surface area (Å²) in [7, 11) is 0. The van der Waals surface area contributed by atoms with Gasteiger partial charge in [-0.1, -0.05) is 73.3 Å². The number of nitrogens with zero attached hydrogens (tertiary/aromatic N) is 1. The standard InChI is InChI=1S/C24H22N2O5S/c1-2-18-19(12-15-6-4-3-5-7-15)25-24(26-22(18)29)32-14-16-8-10-17(11-9-16)20(27)13-21(28)23(30)31/h3-11,13,27H,2,12,14H2,1H3,(H,30,31)(H,25,26,29). The fraction of sp³-hybridized carbons (Fsp3) is 0.167. The summed E-state index contributed by atoms with van der Waals surface area (Å²) in [5.41, 5.74) is 3.63. The van der Waals surface area contributed by atoms with Crippen molar-refractivity contribution >= 4 is 29.3 Å². The molecule has 0 spiro atoms. The number of aliphatic hydroxyl groups excluding tert-OH is 1. The van der Waals surface area contributed by atoms with Crippen LogP contribution in [0.5, 0.6) is 0 Å². The molecule has 2 aromatic carbocycles. The maximum atomic E-state index is 12.5. The third-order valence-corrected chi connectivity index (χ3v) is 5.70. The van der Waals surface area contributed by atoms with Crippen LogP contribution >= 0.6 is 11.8 Å². The lowest BCUT2D eigenvalue weighted by atomic mass is 10.1. The largest absolute Gasteiger partial charge is 0.507 e. The molecule has 0 amide bonds. The highest BCUT2D eigenvalue weighted by Crippen LogP contribution is 2.22. The van der Waals surface area contributed by atoms with E-state index in [4.69, 9.17) is 5.11 Å². The molecule has 8 heteroatoms. The van der Waals surface area contributed by atoms with Crippen LogP contribution in [-0.2, 0) is 28.2 Å². The Hall–Kier alpha value is -3.65. The molecule has 0 saturated heterocycles. The first-order valence-corrected chi connectivity index (χ1v) is 10.9. The minimum Gasteiger partial charge on any atom is -0.507 e. The molecule has 0 unspecified atom stereocenters. The summed E-state index contributed by atoms with van der Waals surface area (Å²) in [5, 5.41) is 19.0. The Bertz CT molecular complexity index is 1200. The van der Waals surface area contributed by atoms with E-state index in [9.17, 15) is 19.5 Å². The number of carboxylic acids is 1. The van der Waals surface area contributed by atoms with E-state index in [0.717, 1.165) is 16.8 Å². The van der Waals surface area contributed by atoms with Crippen molar-refractivity contribution in [3.05, 3.63) is 99.0 Å². The summed E-state index contributed by atoms with van der Waals surface area (Å²) < 4.78 is 0. The molecule has 164 valence electrons. The monoisotopic (exact) mass is 450 g/mol. The molecule has 0 bridgehead atoms. The molecule has 32 heavy (non-hydrogen) atoms. The first-order chi connectivity index (χ1) is 15.4. The number of hydrogen-bond donors (Lipinski definition) is 3. The van der Waals surface area contributed by atoms with Gasteiger partial charge in [-0.2, -0.15) is 0 Å². The van der Waals surface area contributed by atoms with Gasteiger partial charge in [0.05, 0.1) is 5.69 Å². The normalized spacial score (nSPS) is 11.3. The zero-order chi connectivity index (χ0) is 23.1. The van der Waals surface area contributed by atoms with Crippen LogP contribution in [0.2, 0.25) is 0 Å². The highest BCUT2D eigenvalue weighted by atomic mass is 32.2. The Labute approximate surface area is 188 Å². The third-order valence-electron chi connectivity index (χ3n) is 4.75. The first-order valence-electron chi connectivity index (χ1n) is 9.93. The van der Waals surface area contributed by atoms with E-state index >= 15 is 0 Å². The fourth-order valence-electron chi connectivity index (χ4n) is 3.08. The summed E-state index contributed by atoms with van der Waals surface area (Å²) in [5.74, 6) is -2.72. The second kappa shape index (κ2) is 10.6. The number of carbonyl (C=O) groups excluding carboxylic acids is 1. The number of H-pyrrole nitrogens is 1. The van der Waals surface area contributed by atoms with Crippen molar-refractivity contribution in [1.29, 1.82) is 0 Å². The number of aliphatic carboxylic acids is 1. The van der Waals surface area contributed by atoms with Gasteiger partial charge in [-0.15, -0.1) is 0 Å². The number of nitrogens with one attached hydrogen (secondary N) is 1. The van der Waals surface area contributed by atoms with Crippen LogP contribution in [-0.4, -0.2) is 31.9 Å². The van der Waals surface area contributed by atoms with Gasteiger partial charge in [-0.25, -0.2) is 9.78 Å². The Balaban J connectivity index is 1.73. The fourth-order valence-corrected chi connectivity index (χ4v) is 3.92. The summed E-state index contributed by atoms with van der Waals surface area (Å²) in [6, 6.07) is 16.6. The van der Waals surface area contributed by atoms with Crippen molar-refractivity contribution in [2.75, 3.05) is 0 Å². The Kier molecular flexibility index (Phi) is 7.62. The maximum absolute atomic E-state index is 12.5. The van der Waals surface area contributed by atoms with Crippen molar-refractivity contribution in [2.45, 2.75) is 30.7 Å². The molecule has 3 aromatic rings. The van der Waals surface area contributed by atoms with E-state index in [1.807, 2.05) is 37.3 Å². The predicted molar refractivity (Wildman–Crippen MR) is 123 cm³/mol. The Morgan fingerprint density at radius 2 is 1.72 bits per heavy atom. The molecule has 0 aliphatic rings. The first kappa shape index (κ1) is 23.0. The number of carbonyl (C=O) groups is 2. The number of hydrogen-bond acceptors (Lipinski definition) is 6. The highest BCUT2D eigenvalue weighted by Gasteiger charge is 2.12. The quantitative estimate of drug-likeness (QED) is 0.149. The third kappa shape index (κ3) is 5.95. The minimum absolute atomic E-state index is 0.135. The zero-order valence-corrected chi connectivity index (χ0v) is 18.2. The summed E-state index contributed by atoms with van der Waals surface area (Å²) >= 11 is 1.38. The maximum Gasteiger partial charge on any atom is 0.376 e. The van der Waals surface area contributed by atoms with E-state index in [1.54, 1.807) is 24.3 Å². The number of aliphatic hydroxyl groups is 1. The molecule has 0 aliphatic heterocycles. The van der Waals surface area contributed by atoms with Crippen molar-refractivity contribution in [3.8, 4) is 0 Å². The number of aromatic amines is 1. The summed E-state index contributed by atoms with van der Waals surface area (Å²) in [4.78, 5) is 41.8. The molecule has 0 aliphatic carbocycles. The van der Waals surface area contributed by atoms with E-state index in [1.165, 1.54) is 11.8 Å². The number of benzene rings is 2. The van der Waals surface area contributed by atoms with Crippen molar-refractivity contribution < 1.29 is 19.8 Å². The van der Waals surface area contributed by atoms with Crippen LogP contribution in [0.3, 0.4) is 0 Å². The molecule has 0 fully saturated rings. The van der Waals surface area contributed by atoms with Gasteiger partial charge in [0.15, 0.2) is 5.16 Å². The molecule has 1 aromatic heterocycles. The van der Waals surface area contributed by atoms with E-state index in [-0.39, 0.29) is 5.56 Å². The lowest BCUT2D eigenvalue weighted by molar-refractivity contribution is -0.146. The highest BCUT2D eigenvalue weighted by molar-refractivity contribution is 7.98. The Morgan fingerprint density at radius 3 is 2.34 bits per heavy atom. The molecular formula is C24H22N2O5S. The van der Waals surface area contributed by atoms with E-state index in [0.29, 0.717) is 41.0 Å². The molecule has 7 nitrogen and oxygen atoms in total. The van der Waals surface area contributed by atoms with E-state index in [2.05, 4.69) is 9.97 Å². The van der Waals surface area contributed by atoms with Gasteiger partial charge >= 0.3 is 5.97 Å². The minimum atomic E-state index is -1.63. The molecule has 0 atom stereocenters. The van der Waals surface area contributed by atoms with Gasteiger partial charge in [0.2, 0.25) is 0 Å². The van der Waals surface area contributed by atoms with Gasteiger partial charge in [-0.3, -0.25) is 9.59 Å². The van der Waals surface area contributed by atoms with E-state index < -0.39 is 17.5 Å². The number of thioether (sulfide) groups is 1. The van der Waals surface area contributed by atoms with Gasteiger partial charge in [0, 0.05) is 29.4 Å². The molecule has 3 N–H and O–H groups in total. The molecule has 3 rings (SSSR count). The lowest BCUT2D eigenvalue weighted by Crippen LogP contribution is -2.18. The van der Waals surface area contributed by atoms with Gasteiger partial charge in [0.1, 0.15) is 5.76 Å². The van der Waals surface area contributed by atoms with Crippen molar-refractivity contribution in [3.63, 3.8) is 0 Å². The van der Waals surface area contributed by atoms with Gasteiger partial charge < -0.3 is 15.2 Å². The van der Waals surface area contributed by atoms with Crippen LogP contribution in [0, 0.1) is 0 Å². The van der Waals surface area contributed by atoms with Crippen molar-refractivity contribution in [2.24, 2.45) is 0 Å². The Morgan fingerprint density at radius 1 is 1.03 bits per heavy atom. The zero-order valence-electron chi connectivity index (χ0n) is 17.4. The van der Waals surface area contributed by atoms with Crippen LogP contribution < -0.4 is 5.56 Å². The van der Waals surface area contributed by atoms with Crippen LogP contribution in [0.15, 0.2) is 70.6 Å². The molecular weight excluding hydrogens is 428 g/mol. The summed E-state index contributed by atoms with van der Waals surface area (Å²) in [6.45, 7) is 1.93. The van der Waals surface area contributed by atoms with Crippen LogP contribution in [0.25, 0.3) is 5.76 Å². The number of carboxylic acid groups (broad SMARTS) is 1. The predicted octanol–water partition coefficient (Wildman–Crippen LogP) is 3.77. The second-order valence-electron chi connectivity index (χ2n) is 7.00. The molecule has 1 heterocycles. The second-order valence-corrected chi connectivity index (χ2v) is 7.96. The van der Waals surface area contributed by atoms with Crippen LogP contribution in [0.1, 0.15) is 34.9 Å². The smallest absolute Gasteiger partial charge is 0.376 e. The number of rotatable bonds is 9. The SMILES string of the molecule is CCc1c(Cc2ccccc2)nc(SCc2ccc(C(O)=CC(=O)C(=O)O)cc2)[nH]c1=O. The molecule has 0 saturated carbocycles. The molecule has 0 radical (unpaired) electrons. The van der Waals surface area contributed by atoms with Crippen molar-refractivity contribution in [1.82, 2.24) is 9.97 Å². The van der Waals surface area contributed by atoms with Gasteiger partial charge in [0.25, 0.3) is 11.3 Å². The van der Waals surface area contributed by atoms with Gasteiger partial charge in [-0.05, 0) is 17.5 Å².